The lowest BCUT2D eigenvalue weighted by Gasteiger charge is -2.44. The predicted molar refractivity (Wildman–Crippen MR) is 100 cm³/mol. The number of morpholine rings is 1. The smallest absolute Gasteiger partial charge is 0.191 e. The molecule has 0 radical (unpaired) electrons. The van der Waals surface area contributed by atoms with E-state index in [1.807, 2.05) is 0 Å². The summed E-state index contributed by atoms with van der Waals surface area (Å²) < 4.78 is 5.80. The molecule has 0 saturated carbocycles. The van der Waals surface area contributed by atoms with Crippen LogP contribution in [0.1, 0.15) is 41.5 Å². The summed E-state index contributed by atoms with van der Waals surface area (Å²) in [7, 11) is 0. The highest BCUT2D eigenvalue weighted by Crippen LogP contribution is 2.21. The van der Waals surface area contributed by atoms with Crippen LogP contribution in [0.15, 0.2) is 4.99 Å². The highest BCUT2D eigenvalue weighted by atomic mass is 127. The Kier molecular flexibility index (Phi) is 9.11. The summed E-state index contributed by atoms with van der Waals surface area (Å²) in [5.74, 6) is 0.650. The Balaban J connectivity index is 0.00000400. The zero-order chi connectivity index (χ0) is 15.3. The van der Waals surface area contributed by atoms with Gasteiger partial charge >= 0.3 is 0 Å². The van der Waals surface area contributed by atoms with Crippen molar-refractivity contribution in [1.82, 2.24) is 9.80 Å². The summed E-state index contributed by atoms with van der Waals surface area (Å²) in [6.45, 7) is 17.4. The van der Waals surface area contributed by atoms with Crippen molar-refractivity contribution in [3.05, 3.63) is 0 Å². The maximum absolute atomic E-state index is 6.06. The quantitative estimate of drug-likeness (QED) is 0.427. The van der Waals surface area contributed by atoms with Crippen LogP contribution in [-0.2, 0) is 4.74 Å². The highest BCUT2D eigenvalue weighted by Gasteiger charge is 2.33. The number of halogens is 1. The van der Waals surface area contributed by atoms with Crippen molar-refractivity contribution in [3.8, 4) is 0 Å². The largest absolute Gasteiger partial charge is 0.373 e. The first-order valence-corrected chi connectivity index (χ1v) is 7.75. The fourth-order valence-corrected chi connectivity index (χ4v) is 2.69. The van der Waals surface area contributed by atoms with Crippen LogP contribution in [0.4, 0.5) is 0 Å². The van der Waals surface area contributed by atoms with E-state index in [1.54, 1.807) is 0 Å². The van der Waals surface area contributed by atoms with Gasteiger partial charge in [0.25, 0.3) is 0 Å². The van der Waals surface area contributed by atoms with Gasteiger partial charge in [0.15, 0.2) is 5.96 Å². The number of aliphatic imine (C=N–C) groups is 1. The van der Waals surface area contributed by atoms with Gasteiger partial charge < -0.3 is 15.4 Å². The second-order valence-electron chi connectivity index (χ2n) is 6.32. The van der Waals surface area contributed by atoms with Crippen molar-refractivity contribution in [3.63, 3.8) is 0 Å². The van der Waals surface area contributed by atoms with Gasteiger partial charge in [0, 0.05) is 31.7 Å². The molecule has 1 rings (SSSR count). The van der Waals surface area contributed by atoms with Crippen LogP contribution in [0.2, 0.25) is 0 Å². The Hall–Kier alpha value is -0.0800. The molecule has 126 valence electrons. The van der Waals surface area contributed by atoms with E-state index in [0.717, 1.165) is 32.7 Å². The highest BCUT2D eigenvalue weighted by molar-refractivity contribution is 14.0. The van der Waals surface area contributed by atoms with E-state index in [4.69, 9.17) is 10.5 Å². The Bertz CT molecular complexity index is 322. The van der Waals surface area contributed by atoms with Gasteiger partial charge in [-0.3, -0.25) is 9.89 Å². The molecule has 2 N–H and O–H groups in total. The zero-order valence-electron chi connectivity index (χ0n) is 14.4. The summed E-state index contributed by atoms with van der Waals surface area (Å²) in [6, 6.07) is 0. The van der Waals surface area contributed by atoms with Crippen LogP contribution in [0.5, 0.6) is 0 Å². The average Bonchev–Trinajstić information content (AvgIpc) is 2.37. The van der Waals surface area contributed by atoms with E-state index in [-0.39, 0.29) is 41.7 Å². The van der Waals surface area contributed by atoms with Gasteiger partial charge in [-0.15, -0.1) is 24.0 Å². The molecule has 0 amide bonds. The van der Waals surface area contributed by atoms with Crippen molar-refractivity contribution < 1.29 is 4.74 Å². The first kappa shape index (κ1) is 20.9. The SMILES string of the molecule is CCN(CC)C(N)=NCC(C)(C)N1CC(C)OC(C)C1.I. The second-order valence-corrected chi connectivity index (χ2v) is 6.32. The van der Waals surface area contributed by atoms with Crippen LogP contribution in [-0.4, -0.2) is 66.2 Å². The van der Waals surface area contributed by atoms with Crippen LogP contribution in [0.25, 0.3) is 0 Å². The lowest BCUT2D eigenvalue weighted by atomic mass is 10.0. The van der Waals surface area contributed by atoms with Crippen LogP contribution < -0.4 is 5.73 Å². The lowest BCUT2D eigenvalue weighted by Crippen LogP contribution is -2.56. The number of rotatable bonds is 5. The van der Waals surface area contributed by atoms with Crippen molar-refractivity contribution in [2.75, 3.05) is 32.7 Å². The van der Waals surface area contributed by atoms with Gasteiger partial charge in [-0.1, -0.05) is 0 Å². The molecular weight excluding hydrogens is 379 g/mol. The average molecular weight is 412 g/mol. The van der Waals surface area contributed by atoms with Crippen molar-refractivity contribution in [1.29, 1.82) is 0 Å². The molecule has 5 nitrogen and oxygen atoms in total. The van der Waals surface area contributed by atoms with Crippen molar-refractivity contribution in [2.24, 2.45) is 10.7 Å². The third kappa shape index (κ3) is 6.28. The van der Waals surface area contributed by atoms with E-state index >= 15 is 0 Å². The number of hydrogen-bond donors (Lipinski definition) is 1. The number of nitrogens with two attached hydrogens (primary N) is 1. The molecule has 0 aromatic heterocycles. The fourth-order valence-electron chi connectivity index (χ4n) is 2.69. The number of ether oxygens (including phenoxy) is 1. The van der Waals surface area contributed by atoms with E-state index in [2.05, 4.69) is 56.3 Å². The molecule has 1 saturated heterocycles. The topological polar surface area (TPSA) is 54.1 Å². The van der Waals surface area contributed by atoms with Gasteiger partial charge in [0.2, 0.25) is 0 Å². The summed E-state index contributed by atoms with van der Waals surface area (Å²) in [5, 5.41) is 0. The van der Waals surface area contributed by atoms with Crippen LogP contribution >= 0.6 is 24.0 Å². The van der Waals surface area contributed by atoms with E-state index < -0.39 is 0 Å². The molecule has 0 aromatic rings. The first-order valence-electron chi connectivity index (χ1n) is 7.75. The number of nitrogens with zero attached hydrogens (tertiary/aromatic N) is 3. The van der Waals surface area contributed by atoms with Gasteiger partial charge in [-0.2, -0.15) is 0 Å². The first-order chi connectivity index (χ1) is 9.30. The second kappa shape index (κ2) is 9.15. The maximum atomic E-state index is 6.06. The molecule has 1 fully saturated rings. The molecule has 1 aliphatic rings. The molecule has 0 aliphatic carbocycles. The monoisotopic (exact) mass is 412 g/mol. The van der Waals surface area contributed by atoms with Gasteiger partial charge in [-0.05, 0) is 41.5 Å². The van der Waals surface area contributed by atoms with E-state index in [9.17, 15) is 0 Å². The van der Waals surface area contributed by atoms with Crippen molar-refractivity contribution >= 4 is 29.9 Å². The summed E-state index contributed by atoms with van der Waals surface area (Å²) >= 11 is 0. The Morgan fingerprint density at radius 3 is 2.14 bits per heavy atom. The summed E-state index contributed by atoms with van der Waals surface area (Å²) in [5.41, 5.74) is 6.07. The Morgan fingerprint density at radius 2 is 1.71 bits per heavy atom. The van der Waals surface area contributed by atoms with Gasteiger partial charge in [0.05, 0.1) is 18.8 Å². The van der Waals surface area contributed by atoms with Gasteiger partial charge in [0.1, 0.15) is 0 Å². The Labute approximate surface area is 147 Å². The maximum Gasteiger partial charge on any atom is 0.191 e. The molecule has 1 aliphatic heterocycles. The standard InChI is InChI=1S/C15H32N4O.HI/c1-7-18(8-2)14(16)17-11-15(5,6)19-9-12(3)20-13(4)10-19;/h12-13H,7-11H2,1-6H3,(H2,16,17);1H. The molecule has 2 atom stereocenters. The van der Waals surface area contributed by atoms with Crippen molar-refractivity contribution in [2.45, 2.75) is 59.3 Å². The van der Waals surface area contributed by atoms with E-state index in [1.165, 1.54) is 0 Å². The molecular formula is C15H33IN4O. The molecule has 0 bridgehead atoms. The zero-order valence-corrected chi connectivity index (χ0v) is 16.8. The molecule has 6 heteroatoms. The number of guanidine groups is 1. The fraction of sp³-hybridized carbons (Fsp3) is 0.933. The third-order valence-corrected chi connectivity index (χ3v) is 3.99. The minimum atomic E-state index is 0. The minimum Gasteiger partial charge on any atom is -0.373 e. The Morgan fingerprint density at radius 1 is 1.24 bits per heavy atom. The van der Waals surface area contributed by atoms with E-state index in [0.29, 0.717) is 5.96 Å². The van der Waals surface area contributed by atoms with Gasteiger partial charge in [-0.25, -0.2) is 0 Å². The molecule has 0 spiro atoms. The molecule has 21 heavy (non-hydrogen) atoms. The normalized spacial score (nSPS) is 24.6. The van der Waals surface area contributed by atoms with Crippen LogP contribution in [0.3, 0.4) is 0 Å². The molecule has 1 heterocycles. The summed E-state index contributed by atoms with van der Waals surface area (Å²) in [4.78, 5) is 9.15. The molecule has 2 unspecified atom stereocenters. The predicted octanol–water partition coefficient (Wildman–Crippen LogP) is 2.15. The lowest BCUT2D eigenvalue weighted by molar-refractivity contribution is -0.0939. The number of hydrogen-bond acceptors (Lipinski definition) is 3. The van der Waals surface area contributed by atoms with Crippen LogP contribution in [0, 0.1) is 0 Å². The minimum absolute atomic E-state index is 0. The molecule has 0 aromatic carbocycles. The third-order valence-electron chi connectivity index (χ3n) is 3.99. The summed E-state index contributed by atoms with van der Waals surface area (Å²) in [6.07, 6.45) is 0.560.